The summed E-state index contributed by atoms with van der Waals surface area (Å²) in [5.41, 5.74) is 0. The van der Waals surface area contributed by atoms with E-state index in [0.29, 0.717) is 19.7 Å². The summed E-state index contributed by atoms with van der Waals surface area (Å²) in [6.45, 7) is 6.94. The van der Waals surface area contributed by atoms with Crippen LogP contribution >= 0.6 is 0 Å². The summed E-state index contributed by atoms with van der Waals surface area (Å²) in [5, 5.41) is 0. The van der Waals surface area contributed by atoms with Gasteiger partial charge in [0.1, 0.15) is 6.10 Å². The van der Waals surface area contributed by atoms with Gasteiger partial charge in [0.05, 0.1) is 6.61 Å². The Bertz CT molecular complexity index is 182. The van der Waals surface area contributed by atoms with E-state index in [2.05, 4.69) is 6.58 Å². The van der Waals surface area contributed by atoms with Crippen molar-refractivity contribution in [1.29, 1.82) is 0 Å². The van der Waals surface area contributed by atoms with Crippen molar-refractivity contribution in [2.24, 2.45) is 0 Å². The Morgan fingerprint density at radius 1 is 1.57 bits per heavy atom. The van der Waals surface area contributed by atoms with Gasteiger partial charge in [-0.1, -0.05) is 6.08 Å². The molecule has 4 nitrogen and oxygen atoms in total. The molecule has 0 rings (SSSR count). The maximum Gasteiger partial charge on any atom is 0.251 e. The number of methoxy groups -OCH3 is 2. The molecule has 0 aliphatic rings. The first-order valence-electron chi connectivity index (χ1n) is 4.58. The van der Waals surface area contributed by atoms with Crippen LogP contribution in [-0.2, 0) is 14.3 Å². The molecule has 1 atom stereocenters. The average Bonchev–Trinajstić information content (AvgIpc) is 2.22. The molecular formula is C10H19NO3. The Kier molecular flexibility index (Phi) is 7.06. The Morgan fingerprint density at radius 2 is 2.21 bits per heavy atom. The zero-order valence-corrected chi connectivity index (χ0v) is 9.16. The Hall–Kier alpha value is -0.870. The molecule has 1 amide bonds. The van der Waals surface area contributed by atoms with Crippen molar-refractivity contribution in [3.05, 3.63) is 12.7 Å². The Labute approximate surface area is 85.5 Å². The minimum Gasteiger partial charge on any atom is -0.383 e. The van der Waals surface area contributed by atoms with Crippen molar-refractivity contribution >= 4 is 5.91 Å². The molecule has 0 fully saturated rings. The summed E-state index contributed by atoms with van der Waals surface area (Å²) in [4.78, 5) is 13.3. The van der Waals surface area contributed by atoms with Crippen LogP contribution in [0.25, 0.3) is 0 Å². The highest BCUT2D eigenvalue weighted by Crippen LogP contribution is 1.98. The van der Waals surface area contributed by atoms with Crippen LogP contribution in [0.15, 0.2) is 12.7 Å². The maximum atomic E-state index is 11.7. The minimum absolute atomic E-state index is 0.0375. The second kappa shape index (κ2) is 7.53. The monoisotopic (exact) mass is 201 g/mol. The van der Waals surface area contributed by atoms with Crippen molar-refractivity contribution in [1.82, 2.24) is 4.90 Å². The van der Waals surface area contributed by atoms with Crippen LogP contribution in [0.5, 0.6) is 0 Å². The number of hydrogen-bond acceptors (Lipinski definition) is 3. The zero-order valence-electron chi connectivity index (χ0n) is 9.16. The largest absolute Gasteiger partial charge is 0.383 e. The van der Waals surface area contributed by atoms with Gasteiger partial charge in [-0.25, -0.2) is 0 Å². The molecule has 0 heterocycles. The lowest BCUT2D eigenvalue weighted by atomic mass is 10.3. The van der Waals surface area contributed by atoms with Gasteiger partial charge in [-0.2, -0.15) is 0 Å². The molecule has 0 N–H and O–H groups in total. The highest BCUT2D eigenvalue weighted by atomic mass is 16.5. The first-order chi connectivity index (χ1) is 6.67. The predicted octanol–water partition coefficient (Wildman–Crippen LogP) is 0.682. The molecule has 0 saturated heterocycles. The molecule has 0 aromatic carbocycles. The predicted molar refractivity (Wildman–Crippen MR) is 55.1 cm³/mol. The second-order valence-electron chi connectivity index (χ2n) is 2.94. The summed E-state index contributed by atoms with van der Waals surface area (Å²) in [6, 6.07) is 0. The fraction of sp³-hybridized carbons (Fsp3) is 0.700. The first kappa shape index (κ1) is 13.1. The van der Waals surface area contributed by atoms with E-state index in [1.807, 2.05) is 0 Å². The van der Waals surface area contributed by atoms with E-state index in [-0.39, 0.29) is 5.91 Å². The topological polar surface area (TPSA) is 38.8 Å². The third-order valence-corrected chi connectivity index (χ3v) is 1.93. The molecule has 0 radical (unpaired) electrons. The van der Waals surface area contributed by atoms with Crippen molar-refractivity contribution in [3.8, 4) is 0 Å². The molecule has 14 heavy (non-hydrogen) atoms. The molecule has 1 unspecified atom stereocenters. The van der Waals surface area contributed by atoms with Crippen LogP contribution in [0.2, 0.25) is 0 Å². The fourth-order valence-electron chi connectivity index (χ4n) is 1.01. The molecular weight excluding hydrogens is 182 g/mol. The minimum atomic E-state index is -0.410. The Balaban J connectivity index is 4.16. The van der Waals surface area contributed by atoms with Crippen molar-refractivity contribution < 1.29 is 14.3 Å². The maximum absolute atomic E-state index is 11.7. The van der Waals surface area contributed by atoms with Gasteiger partial charge in [0.2, 0.25) is 0 Å². The van der Waals surface area contributed by atoms with Gasteiger partial charge in [0, 0.05) is 27.3 Å². The number of rotatable bonds is 7. The summed E-state index contributed by atoms with van der Waals surface area (Å²) >= 11 is 0. The van der Waals surface area contributed by atoms with E-state index < -0.39 is 6.10 Å². The molecule has 4 heteroatoms. The normalized spacial score (nSPS) is 12.2. The first-order valence-corrected chi connectivity index (χ1v) is 4.58. The highest BCUT2D eigenvalue weighted by Gasteiger charge is 2.18. The number of carbonyl (C=O) groups excluding carboxylic acids is 1. The number of ether oxygens (including phenoxy) is 2. The third-order valence-electron chi connectivity index (χ3n) is 1.93. The number of nitrogens with zero attached hydrogens (tertiary/aromatic N) is 1. The van der Waals surface area contributed by atoms with Gasteiger partial charge >= 0.3 is 0 Å². The molecule has 0 spiro atoms. The Morgan fingerprint density at radius 3 is 2.64 bits per heavy atom. The van der Waals surface area contributed by atoms with Gasteiger partial charge in [-0.15, -0.1) is 6.58 Å². The molecule has 0 aromatic heterocycles. The van der Waals surface area contributed by atoms with E-state index in [1.54, 1.807) is 25.0 Å². The quantitative estimate of drug-likeness (QED) is 0.569. The van der Waals surface area contributed by atoms with Gasteiger partial charge in [-0.3, -0.25) is 4.79 Å². The molecule has 0 aliphatic carbocycles. The van der Waals surface area contributed by atoms with E-state index in [4.69, 9.17) is 9.47 Å². The SMILES string of the molecule is C=CCN(CCOC)C(=O)C(C)OC. The molecule has 0 saturated carbocycles. The highest BCUT2D eigenvalue weighted by molar-refractivity contribution is 5.80. The van der Waals surface area contributed by atoms with Crippen molar-refractivity contribution in [2.45, 2.75) is 13.0 Å². The number of carbonyl (C=O) groups is 1. The van der Waals surface area contributed by atoms with E-state index in [0.717, 1.165) is 0 Å². The van der Waals surface area contributed by atoms with E-state index >= 15 is 0 Å². The van der Waals surface area contributed by atoms with Gasteiger partial charge in [-0.05, 0) is 6.92 Å². The molecule has 82 valence electrons. The summed E-state index contributed by atoms with van der Waals surface area (Å²) in [7, 11) is 3.13. The van der Waals surface area contributed by atoms with E-state index in [9.17, 15) is 4.79 Å². The van der Waals surface area contributed by atoms with Crippen LogP contribution in [0, 0.1) is 0 Å². The summed E-state index contributed by atoms with van der Waals surface area (Å²) < 4.78 is 9.87. The van der Waals surface area contributed by atoms with Gasteiger partial charge in [0.25, 0.3) is 5.91 Å². The summed E-state index contributed by atoms with van der Waals surface area (Å²) in [6.07, 6.45) is 1.28. The van der Waals surface area contributed by atoms with Crippen molar-refractivity contribution in [2.75, 3.05) is 33.9 Å². The second-order valence-corrected chi connectivity index (χ2v) is 2.94. The lowest BCUT2D eigenvalue weighted by molar-refractivity contribution is -0.140. The lowest BCUT2D eigenvalue weighted by Gasteiger charge is -2.23. The molecule has 0 aromatic rings. The molecule has 0 bridgehead atoms. The number of amides is 1. The lowest BCUT2D eigenvalue weighted by Crippen LogP contribution is -2.40. The van der Waals surface area contributed by atoms with Crippen LogP contribution < -0.4 is 0 Å². The van der Waals surface area contributed by atoms with E-state index in [1.165, 1.54) is 7.11 Å². The van der Waals surface area contributed by atoms with Crippen molar-refractivity contribution in [3.63, 3.8) is 0 Å². The zero-order chi connectivity index (χ0) is 11.0. The molecule has 0 aliphatic heterocycles. The standard InChI is InChI=1S/C10H19NO3/c1-5-6-11(7-8-13-3)10(12)9(2)14-4/h5,9H,1,6-8H2,2-4H3. The van der Waals surface area contributed by atoms with Crippen LogP contribution in [-0.4, -0.2) is 50.8 Å². The smallest absolute Gasteiger partial charge is 0.251 e. The third kappa shape index (κ3) is 4.39. The van der Waals surface area contributed by atoms with Crippen LogP contribution in [0.3, 0.4) is 0 Å². The average molecular weight is 201 g/mol. The number of hydrogen-bond donors (Lipinski definition) is 0. The summed E-state index contributed by atoms with van der Waals surface area (Å²) in [5.74, 6) is -0.0375. The van der Waals surface area contributed by atoms with Crippen LogP contribution in [0.1, 0.15) is 6.92 Å². The fourth-order valence-corrected chi connectivity index (χ4v) is 1.01. The van der Waals surface area contributed by atoms with Crippen LogP contribution in [0.4, 0.5) is 0 Å². The van der Waals surface area contributed by atoms with Gasteiger partial charge in [0.15, 0.2) is 0 Å². The van der Waals surface area contributed by atoms with Gasteiger partial charge < -0.3 is 14.4 Å².